The Bertz CT molecular complexity index is 637. The first kappa shape index (κ1) is 17.2. The number of pyridine rings is 1. The molecule has 0 aliphatic carbocycles. The fourth-order valence-electron chi connectivity index (χ4n) is 4.24. The molecule has 0 spiro atoms. The second kappa shape index (κ2) is 5.73. The average Bonchev–Trinajstić information content (AvgIpc) is 2.70. The molecule has 2 aliphatic rings. The Morgan fingerprint density at radius 1 is 1.25 bits per heavy atom. The Morgan fingerprint density at radius 3 is 2.33 bits per heavy atom. The molecular formula is C19H28N2O3. The minimum Gasteiger partial charge on any atom is -0.444 e. The predicted octanol–water partition coefficient (Wildman–Crippen LogP) is 3.45. The Kier molecular flexibility index (Phi) is 4.11. The molecule has 0 saturated carbocycles. The summed E-state index contributed by atoms with van der Waals surface area (Å²) in [5, 5.41) is 11.3. The number of ether oxygens (including phenoxy) is 1. The molecule has 5 nitrogen and oxygen atoms in total. The van der Waals surface area contributed by atoms with Crippen LogP contribution < -0.4 is 0 Å². The molecule has 2 atom stereocenters. The van der Waals surface area contributed by atoms with Crippen LogP contribution in [0.1, 0.15) is 63.4 Å². The lowest BCUT2D eigenvalue weighted by atomic mass is 9.80. The molecule has 2 fully saturated rings. The zero-order valence-corrected chi connectivity index (χ0v) is 15.3. The zero-order chi connectivity index (χ0) is 17.7. The van der Waals surface area contributed by atoms with Gasteiger partial charge in [0.25, 0.3) is 0 Å². The van der Waals surface area contributed by atoms with E-state index in [1.165, 1.54) is 0 Å². The van der Waals surface area contributed by atoms with Crippen LogP contribution in [0.3, 0.4) is 0 Å². The Balaban J connectivity index is 1.83. The normalized spacial score (nSPS) is 29.7. The fraction of sp³-hybridized carbons (Fsp3) is 0.684. The molecular weight excluding hydrogens is 304 g/mol. The van der Waals surface area contributed by atoms with Crippen molar-refractivity contribution in [1.82, 2.24) is 9.88 Å². The minimum atomic E-state index is -0.908. The first-order valence-electron chi connectivity index (χ1n) is 8.77. The number of hydrogen-bond acceptors (Lipinski definition) is 4. The highest BCUT2D eigenvalue weighted by Gasteiger charge is 2.51. The number of amides is 1. The van der Waals surface area contributed by atoms with Gasteiger partial charge in [0.05, 0.1) is 5.60 Å². The molecule has 1 aromatic heterocycles. The maximum Gasteiger partial charge on any atom is 0.410 e. The molecule has 2 unspecified atom stereocenters. The summed E-state index contributed by atoms with van der Waals surface area (Å²) in [5.74, 6) is 0. The number of aromatic nitrogens is 1. The summed E-state index contributed by atoms with van der Waals surface area (Å²) in [5.41, 5.74) is 1.32. The Labute approximate surface area is 144 Å². The SMILES string of the molecule is Cc1ccc(C2(O)CC3CCC(C2)N3C(=O)OC(C)(C)C)c(C)n1. The highest BCUT2D eigenvalue weighted by molar-refractivity contribution is 5.69. The number of rotatable bonds is 1. The molecule has 3 rings (SSSR count). The van der Waals surface area contributed by atoms with Gasteiger partial charge >= 0.3 is 6.09 Å². The van der Waals surface area contributed by atoms with Crippen molar-refractivity contribution < 1.29 is 14.6 Å². The lowest BCUT2D eigenvalue weighted by Gasteiger charge is -2.44. The van der Waals surface area contributed by atoms with Crippen LogP contribution in [0.4, 0.5) is 4.79 Å². The number of carbonyl (C=O) groups is 1. The summed E-state index contributed by atoms with van der Waals surface area (Å²) >= 11 is 0. The maximum atomic E-state index is 12.5. The highest BCUT2D eigenvalue weighted by Crippen LogP contribution is 2.46. The van der Waals surface area contributed by atoms with Crippen molar-refractivity contribution in [3.8, 4) is 0 Å². The van der Waals surface area contributed by atoms with Crippen molar-refractivity contribution in [2.45, 2.75) is 83.6 Å². The molecule has 1 aromatic rings. The fourth-order valence-corrected chi connectivity index (χ4v) is 4.24. The van der Waals surface area contributed by atoms with Crippen LogP contribution in [-0.2, 0) is 10.3 Å². The van der Waals surface area contributed by atoms with E-state index in [4.69, 9.17) is 4.74 Å². The third-order valence-corrected chi connectivity index (χ3v) is 5.10. The molecule has 1 N–H and O–H groups in total. The molecule has 132 valence electrons. The minimum absolute atomic E-state index is 0.0318. The predicted molar refractivity (Wildman–Crippen MR) is 91.7 cm³/mol. The zero-order valence-electron chi connectivity index (χ0n) is 15.3. The van der Waals surface area contributed by atoms with Crippen LogP contribution in [0.25, 0.3) is 0 Å². The van der Waals surface area contributed by atoms with Gasteiger partial charge in [-0.25, -0.2) is 4.79 Å². The number of piperidine rings is 1. The Hall–Kier alpha value is -1.62. The van der Waals surface area contributed by atoms with Gasteiger partial charge in [-0.3, -0.25) is 4.98 Å². The molecule has 2 bridgehead atoms. The number of nitrogens with zero attached hydrogens (tertiary/aromatic N) is 2. The number of aryl methyl sites for hydroxylation is 2. The lowest BCUT2D eigenvalue weighted by Crippen LogP contribution is -2.53. The van der Waals surface area contributed by atoms with Gasteiger partial charge in [-0.15, -0.1) is 0 Å². The maximum absolute atomic E-state index is 12.5. The molecule has 5 heteroatoms. The number of fused-ring (bicyclic) bond motifs is 2. The largest absolute Gasteiger partial charge is 0.444 e. The number of aliphatic hydroxyl groups is 1. The van der Waals surface area contributed by atoms with Gasteiger partial charge in [-0.2, -0.15) is 0 Å². The van der Waals surface area contributed by atoms with Crippen molar-refractivity contribution in [3.05, 3.63) is 29.1 Å². The standard InChI is InChI=1S/C19H28N2O3/c1-12-6-9-16(13(2)20-12)19(23)10-14-7-8-15(11-19)21(14)17(22)24-18(3,4)5/h6,9,14-15,23H,7-8,10-11H2,1-5H3. The first-order chi connectivity index (χ1) is 11.1. The van der Waals surface area contributed by atoms with E-state index in [-0.39, 0.29) is 18.2 Å². The lowest BCUT2D eigenvalue weighted by molar-refractivity contribution is -0.0629. The van der Waals surface area contributed by atoms with Crippen LogP contribution in [0.15, 0.2) is 12.1 Å². The number of hydrogen-bond donors (Lipinski definition) is 1. The van der Waals surface area contributed by atoms with Crippen LogP contribution in [0.5, 0.6) is 0 Å². The van der Waals surface area contributed by atoms with Crippen molar-refractivity contribution in [3.63, 3.8) is 0 Å². The quantitative estimate of drug-likeness (QED) is 0.855. The van der Waals surface area contributed by atoms with Crippen molar-refractivity contribution >= 4 is 6.09 Å². The molecule has 1 amide bonds. The molecule has 2 aliphatic heterocycles. The van der Waals surface area contributed by atoms with E-state index < -0.39 is 11.2 Å². The topological polar surface area (TPSA) is 62.7 Å². The summed E-state index contributed by atoms with van der Waals surface area (Å²) in [7, 11) is 0. The van der Waals surface area contributed by atoms with Gasteiger partial charge < -0.3 is 14.7 Å². The monoisotopic (exact) mass is 332 g/mol. The van der Waals surface area contributed by atoms with Crippen molar-refractivity contribution in [2.24, 2.45) is 0 Å². The number of carbonyl (C=O) groups excluding carboxylic acids is 1. The van der Waals surface area contributed by atoms with Gasteiger partial charge in [0, 0.05) is 41.9 Å². The van der Waals surface area contributed by atoms with Gasteiger partial charge in [-0.1, -0.05) is 6.07 Å². The van der Waals surface area contributed by atoms with Crippen molar-refractivity contribution in [2.75, 3.05) is 0 Å². The summed E-state index contributed by atoms with van der Waals surface area (Å²) in [4.78, 5) is 18.9. The van der Waals surface area contributed by atoms with Gasteiger partial charge in [-0.05, 0) is 53.5 Å². The van der Waals surface area contributed by atoms with E-state index in [1.807, 2.05) is 51.7 Å². The van der Waals surface area contributed by atoms with Crippen LogP contribution in [0.2, 0.25) is 0 Å². The summed E-state index contributed by atoms with van der Waals surface area (Å²) in [6.45, 7) is 9.55. The second-order valence-corrected chi connectivity index (χ2v) is 8.30. The first-order valence-corrected chi connectivity index (χ1v) is 8.77. The second-order valence-electron chi connectivity index (χ2n) is 8.30. The van der Waals surface area contributed by atoms with E-state index in [0.29, 0.717) is 12.8 Å². The van der Waals surface area contributed by atoms with Crippen LogP contribution in [0, 0.1) is 13.8 Å². The molecule has 2 saturated heterocycles. The van der Waals surface area contributed by atoms with E-state index in [1.54, 1.807) is 0 Å². The molecule has 0 aromatic carbocycles. The summed E-state index contributed by atoms with van der Waals surface area (Å²) in [6.07, 6.45) is 2.69. The smallest absolute Gasteiger partial charge is 0.410 e. The van der Waals surface area contributed by atoms with Gasteiger partial charge in [0.1, 0.15) is 5.60 Å². The van der Waals surface area contributed by atoms with Crippen molar-refractivity contribution in [1.29, 1.82) is 0 Å². The third-order valence-electron chi connectivity index (χ3n) is 5.10. The summed E-state index contributed by atoms with van der Waals surface area (Å²) in [6, 6.07) is 4.00. The van der Waals surface area contributed by atoms with E-state index in [0.717, 1.165) is 29.8 Å². The third kappa shape index (κ3) is 3.14. The van der Waals surface area contributed by atoms with E-state index >= 15 is 0 Å². The van der Waals surface area contributed by atoms with Crippen LogP contribution in [-0.4, -0.2) is 38.8 Å². The van der Waals surface area contributed by atoms with E-state index in [2.05, 4.69) is 4.98 Å². The van der Waals surface area contributed by atoms with Crippen LogP contribution >= 0.6 is 0 Å². The average molecular weight is 332 g/mol. The molecule has 0 radical (unpaired) electrons. The highest BCUT2D eigenvalue weighted by atomic mass is 16.6. The Morgan fingerprint density at radius 2 is 1.83 bits per heavy atom. The molecule has 24 heavy (non-hydrogen) atoms. The summed E-state index contributed by atoms with van der Waals surface area (Å²) < 4.78 is 5.56. The van der Waals surface area contributed by atoms with Gasteiger partial charge in [0.2, 0.25) is 0 Å². The van der Waals surface area contributed by atoms with E-state index in [9.17, 15) is 9.90 Å². The molecule has 3 heterocycles. The van der Waals surface area contributed by atoms with Gasteiger partial charge in [0.15, 0.2) is 0 Å².